The van der Waals surface area contributed by atoms with Crippen LogP contribution in [-0.4, -0.2) is 6.54 Å². The number of hydrogen-bond donors (Lipinski definition) is 1. The van der Waals surface area contributed by atoms with Gasteiger partial charge in [0.1, 0.15) is 5.82 Å². The van der Waals surface area contributed by atoms with Crippen molar-refractivity contribution in [3.63, 3.8) is 0 Å². The van der Waals surface area contributed by atoms with Crippen molar-refractivity contribution in [1.29, 1.82) is 0 Å². The van der Waals surface area contributed by atoms with Crippen LogP contribution in [0.3, 0.4) is 0 Å². The van der Waals surface area contributed by atoms with E-state index in [0.29, 0.717) is 11.5 Å². The Labute approximate surface area is 98.1 Å². The Morgan fingerprint density at radius 3 is 2.50 bits per heavy atom. The van der Waals surface area contributed by atoms with E-state index < -0.39 is 0 Å². The Morgan fingerprint density at radius 2 is 1.94 bits per heavy atom. The van der Waals surface area contributed by atoms with Crippen LogP contribution in [0.5, 0.6) is 0 Å². The molecule has 1 nitrogen and oxygen atoms in total. The highest BCUT2D eigenvalue weighted by Gasteiger charge is 2.07. The van der Waals surface area contributed by atoms with Crippen molar-refractivity contribution < 1.29 is 4.39 Å². The van der Waals surface area contributed by atoms with E-state index >= 15 is 0 Å². The van der Waals surface area contributed by atoms with E-state index in [1.54, 1.807) is 13.0 Å². The number of hydrogen-bond acceptors (Lipinski definition) is 1. The van der Waals surface area contributed by atoms with Crippen molar-refractivity contribution in [2.45, 2.75) is 40.2 Å². The monoisotopic (exact) mass is 223 g/mol. The Balaban J connectivity index is 2.52. The van der Waals surface area contributed by atoms with Crippen molar-refractivity contribution in [3.8, 4) is 0 Å². The summed E-state index contributed by atoms with van der Waals surface area (Å²) in [5.74, 6) is 0.587. The zero-order valence-electron chi connectivity index (χ0n) is 10.7. The second-order valence-corrected chi connectivity index (χ2v) is 4.87. The lowest BCUT2D eigenvalue weighted by atomic mass is 10.1. The molecule has 0 spiro atoms. The minimum atomic E-state index is -0.116. The zero-order chi connectivity index (χ0) is 12.1. The molecular formula is C14H22FN. The van der Waals surface area contributed by atoms with Crippen molar-refractivity contribution >= 4 is 0 Å². The van der Waals surface area contributed by atoms with Crippen LogP contribution in [0, 0.1) is 18.7 Å². The molecule has 1 atom stereocenters. The SMILES string of the molecule is Cc1ccc(C(C)NCCC(C)C)cc1F. The van der Waals surface area contributed by atoms with Gasteiger partial charge in [0.2, 0.25) is 0 Å². The van der Waals surface area contributed by atoms with Gasteiger partial charge in [-0.05, 0) is 49.9 Å². The summed E-state index contributed by atoms with van der Waals surface area (Å²) < 4.78 is 13.4. The van der Waals surface area contributed by atoms with E-state index in [2.05, 4.69) is 26.1 Å². The van der Waals surface area contributed by atoms with Crippen LogP contribution in [0.15, 0.2) is 18.2 Å². The first-order valence-corrected chi connectivity index (χ1v) is 6.00. The second kappa shape index (κ2) is 6.00. The van der Waals surface area contributed by atoms with Crippen molar-refractivity contribution in [3.05, 3.63) is 35.1 Å². The van der Waals surface area contributed by atoms with Crippen LogP contribution in [0.25, 0.3) is 0 Å². The number of halogens is 1. The van der Waals surface area contributed by atoms with Crippen molar-refractivity contribution in [1.82, 2.24) is 5.32 Å². The number of benzene rings is 1. The highest BCUT2D eigenvalue weighted by Crippen LogP contribution is 2.16. The van der Waals surface area contributed by atoms with Crippen LogP contribution in [0.4, 0.5) is 4.39 Å². The molecule has 0 aliphatic heterocycles. The third-order valence-electron chi connectivity index (χ3n) is 2.87. The molecule has 0 aliphatic carbocycles. The van der Waals surface area contributed by atoms with E-state index in [-0.39, 0.29) is 11.9 Å². The second-order valence-electron chi connectivity index (χ2n) is 4.87. The maximum atomic E-state index is 13.4. The summed E-state index contributed by atoms with van der Waals surface area (Å²) in [5.41, 5.74) is 1.73. The van der Waals surface area contributed by atoms with Crippen molar-refractivity contribution in [2.75, 3.05) is 6.54 Å². The van der Waals surface area contributed by atoms with Crippen LogP contribution in [0.2, 0.25) is 0 Å². The molecule has 0 fully saturated rings. The van der Waals surface area contributed by atoms with Gasteiger partial charge in [-0.1, -0.05) is 26.0 Å². The lowest BCUT2D eigenvalue weighted by Gasteiger charge is -2.15. The first kappa shape index (κ1) is 13.2. The summed E-state index contributed by atoms with van der Waals surface area (Å²) in [6.07, 6.45) is 1.15. The topological polar surface area (TPSA) is 12.0 Å². The van der Waals surface area contributed by atoms with E-state index in [0.717, 1.165) is 18.5 Å². The molecule has 0 saturated heterocycles. The maximum Gasteiger partial charge on any atom is 0.126 e. The first-order valence-electron chi connectivity index (χ1n) is 6.00. The molecule has 90 valence electrons. The average molecular weight is 223 g/mol. The molecule has 0 bridgehead atoms. The molecule has 1 N–H and O–H groups in total. The van der Waals surface area contributed by atoms with Crippen LogP contribution in [-0.2, 0) is 0 Å². The standard InChI is InChI=1S/C14H22FN/c1-10(2)7-8-16-12(4)13-6-5-11(3)14(15)9-13/h5-6,9-10,12,16H,7-8H2,1-4H3. The number of rotatable bonds is 5. The largest absolute Gasteiger partial charge is 0.310 e. The van der Waals surface area contributed by atoms with E-state index in [1.165, 1.54) is 0 Å². The van der Waals surface area contributed by atoms with Gasteiger partial charge in [-0.3, -0.25) is 0 Å². The predicted molar refractivity (Wildman–Crippen MR) is 67.0 cm³/mol. The molecule has 0 aromatic heterocycles. The zero-order valence-corrected chi connectivity index (χ0v) is 10.7. The van der Waals surface area contributed by atoms with Gasteiger partial charge in [-0.2, -0.15) is 0 Å². The van der Waals surface area contributed by atoms with E-state index in [4.69, 9.17) is 0 Å². The Kier molecular flexibility index (Phi) is 4.94. The van der Waals surface area contributed by atoms with Crippen LogP contribution < -0.4 is 5.32 Å². The maximum absolute atomic E-state index is 13.4. The summed E-state index contributed by atoms with van der Waals surface area (Å²) in [7, 11) is 0. The Morgan fingerprint density at radius 1 is 1.25 bits per heavy atom. The molecule has 0 heterocycles. The molecule has 2 heteroatoms. The fraction of sp³-hybridized carbons (Fsp3) is 0.571. The fourth-order valence-electron chi connectivity index (χ4n) is 1.58. The molecule has 1 rings (SSSR count). The van der Waals surface area contributed by atoms with Crippen molar-refractivity contribution in [2.24, 2.45) is 5.92 Å². The quantitative estimate of drug-likeness (QED) is 0.800. The van der Waals surface area contributed by atoms with Gasteiger partial charge in [-0.25, -0.2) is 4.39 Å². The Hall–Kier alpha value is -0.890. The third kappa shape index (κ3) is 3.93. The molecule has 16 heavy (non-hydrogen) atoms. The lowest BCUT2D eigenvalue weighted by Crippen LogP contribution is -2.21. The van der Waals surface area contributed by atoms with Gasteiger partial charge in [0.15, 0.2) is 0 Å². The summed E-state index contributed by atoms with van der Waals surface area (Å²) in [6.45, 7) is 9.25. The molecule has 0 radical (unpaired) electrons. The normalized spacial score (nSPS) is 13.1. The number of aryl methyl sites for hydroxylation is 1. The third-order valence-corrected chi connectivity index (χ3v) is 2.87. The number of nitrogens with one attached hydrogen (secondary N) is 1. The molecule has 0 saturated carbocycles. The van der Waals surface area contributed by atoms with Gasteiger partial charge in [0.05, 0.1) is 0 Å². The van der Waals surface area contributed by atoms with Gasteiger partial charge in [-0.15, -0.1) is 0 Å². The molecule has 1 aromatic carbocycles. The van der Waals surface area contributed by atoms with Gasteiger partial charge >= 0.3 is 0 Å². The van der Waals surface area contributed by atoms with Gasteiger partial charge in [0.25, 0.3) is 0 Å². The van der Waals surface area contributed by atoms with Gasteiger partial charge < -0.3 is 5.32 Å². The average Bonchev–Trinajstić information content (AvgIpc) is 2.21. The van der Waals surface area contributed by atoms with Gasteiger partial charge in [0, 0.05) is 6.04 Å². The molecule has 0 amide bonds. The molecular weight excluding hydrogens is 201 g/mol. The predicted octanol–water partition coefficient (Wildman–Crippen LogP) is 3.83. The first-order chi connectivity index (χ1) is 7.50. The fourth-order valence-corrected chi connectivity index (χ4v) is 1.58. The highest BCUT2D eigenvalue weighted by molar-refractivity contribution is 5.25. The molecule has 1 unspecified atom stereocenters. The lowest BCUT2D eigenvalue weighted by molar-refractivity contribution is 0.495. The van der Waals surface area contributed by atoms with E-state index in [9.17, 15) is 4.39 Å². The minimum absolute atomic E-state index is 0.116. The van der Waals surface area contributed by atoms with Crippen LogP contribution >= 0.6 is 0 Å². The summed E-state index contributed by atoms with van der Waals surface area (Å²) in [6, 6.07) is 5.67. The van der Waals surface area contributed by atoms with E-state index in [1.807, 2.05) is 12.1 Å². The summed E-state index contributed by atoms with van der Waals surface area (Å²) >= 11 is 0. The summed E-state index contributed by atoms with van der Waals surface area (Å²) in [4.78, 5) is 0. The minimum Gasteiger partial charge on any atom is -0.310 e. The molecule has 1 aromatic rings. The Bertz CT molecular complexity index is 334. The highest BCUT2D eigenvalue weighted by atomic mass is 19.1. The van der Waals surface area contributed by atoms with Crippen LogP contribution in [0.1, 0.15) is 44.4 Å². The molecule has 0 aliphatic rings. The summed E-state index contributed by atoms with van der Waals surface area (Å²) in [5, 5.41) is 3.41. The smallest absolute Gasteiger partial charge is 0.126 e.